The van der Waals surface area contributed by atoms with E-state index in [-0.39, 0.29) is 11.9 Å². The topological polar surface area (TPSA) is 64.6 Å². The molecule has 0 atom stereocenters. The highest BCUT2D eigenvalue weighted by Gasteiger charge is 2.27. The molecule has 28 heavy (non-hydrogen) atoms. The van der Waals surface area contributed by atoms with E-state index in [2.05, 4.69) is 12.2 Å². The molecular weight excluding hydrogens is 374 g/mol. The summed E-state index contributed by atoms with van der Waals surface area (Å²) in [6.07, 6.45) is 7.12. The molecule has 2 aromatic rings. The van der Waals surface area contributed by atoms with E-state index in [9.17, 15) is 9.59 Å². The number of thiophene rings is 1. The number of para-hydroxylation sites is 1. The molecule has 0 spiro atoms. The number of ether oxygens (including phenoxy) is 2. The van der Waals surface area contributed by atoms with Gasteiger partial charge in [0.1, 0.15) is 10.8 Å². The van der Waals surface area contributed by atoms with Gasteiger partial charge in [-0.3, -0.25) is 4.79 Å². The quantitative estimate of drug-likeness (QED) is 0.486. The Morgan fingerprint density at radius 1 is 1.14 bits per heavy atom. The van der Waals surface area contributed by atoms with Crippen LogP contribution in [0.25, 0.3) is 0 Å². The molecule has 1 heterocycles. The number of esters is 1. The Hall–Kier alpha value is -2.34. The first-order valence-electron chi connectivity index (χ1n) is 9.91. The van der Waals surface area contributed by atoms with E-state index in [4.69, 9.17) is 9.47 Å². The smallest absolute Gasteiger partial charge is 0.341 e. The monoisotopic (exact) mass is 401 g/mol. The number of hydrogen-bond donors (Lipinski definition) is 1. The summed E-state index contributed by atoms with van der Waals surface area (Å²) in [4.78, 5) is 26.5. The van der Waals surface area contributed by atoms with Gasteiger partial charge in [-0.2, -0.15) is 0 Å². The van der Waals surface area contributed by atoms with Gasteiger partial charge in [0.2, 0.25) is 0 Å². The molecule has 150 valence electrons. The third-order valence-electron chi connectivity index (χ3n) is 4.93. The first-order chi connectivity index (χ1) is 13.7. The molecule has 6 heteroatoms. The normalized spacial score (nSPS) is 12.9. The summed E-state index contributed by atoms with van der Waals surface area (Å²) in [5.41, 5.74) is 2.01. The van der Waals surface area contributed by atoms with Gasteiger partial charge in [-0.05, 0) is 49.8 Å². The van der Waals surface area contributed by atoms with Crippen molar-refractivity contribution in [2.75, 3.05) is 19.0 Å². The van der Waals surface area contributed by atoms with Crippen molar-refractivity contribution in [3.8, 4) is 5.75 Å². The number of carbonyl (C=O) groups excluding carboxylic acids is 2. The maximum atomic E-state index is 13.0. The standard InChI is InChI=1S/C22H27NO4S/c1-3-4-9-14-27-17-12-7-5-10-15(17)20(24)23-21-19(22(25)26-2)16-11-6-8-13-18(16)28-21/h5,7,10,12H,3-4,6,8-9,11,13-14H2,1-2H3,(H,23,24). The largest absolute Gasteiger partial charge is 0.493 e. The summed E-state index contributed by atoms with van der Waals surface area (Å²) in [6.45, 7) is 2.72. The van der Waals surface area contributed by atoms with Gasteiger partial charge in [0.25, 0.3) is 5.91 Å². The van der Waals surface area contributed by atoms with Crippen molar-refractivity contribution < 1.29 is 19.1 Å². The first-order valence-corrected chi connectivity index (χ1v) is 10.7. The van der Waals surface area contributed by atoms with Gasteiger partial charge in [0, 0.05) is 4.88 Å². The van der Waals surface area contributed by atoms with Gasteiger partial charge in [-0.1, -0.05) is 31.9 Å². The lowest BCUT2D eigenvalue weighted by molar-refractivity contribution is 0.0601. The number of benzene rings is 1. The Morgan fingerprint density at radius 3 is 2.71 bits per heavy atom. The molecule has 1 aliphatic rings. The van der Waals surface area contributed by atoms with Crippen LogP contribution >= 0.6 is 11.3 Å². The number of amides is 1. The number of aryl methyl sites for hydroxylation is 1. The average molecular weight is 402 g/mol. The van der Waals surface area contributed by atoms with Crippen molar-refractivity contribution >= 4 is 28.2 Å². The third-order valence-corrected chi connectivity index (χ3v) is 6.13. The van der Waals surface area contributed by atoms with E-state index in [0.29, 0.717) is 28.5 Å². The minimum atomic E-state index is -0.390. The summed E-state index contributed by atoms with van der Waals surface area (Å²) in [5, 5.41) is 3.51. The molecule has 1 aliphatic carbocycles. The molecule has 1 N–H and O–H groups in total. The zero-order chi connectivity index (χ0) is 19.9. The molecule has 0 unspecified atom stereocenters. The van der Waals surface area contributed by atoms with Crippen molar-refractivity contribution in [2.45, 2.75) is 51.9 Å². The zero-order valence-electron chi connectivity index (χ0n) is 16.5. The van der Waals surface area contributed by atoms with Crippen LogP contribution in [0.15, 0.2) is 24.3 Å². The van der Waals surface area contributed by atoms with Crippen LogP contribution in [-0.4, -0.2) is 25.6 Å². The summed E-state index contributed by atoms with van der Waals surface area (Å²) in [5.74, 6) is -0.0920. The number of unbranched alkanes of at least 4 members (excludes halogenated alkanes) is 2. The van der Waals surface area contributed by atoms with Crippen molar-refractivity contribution in [3.05, 3.63) is 45.8 Å². The Balaban J connectivity index is 1.82. The van der Waals surface area contributed by atoms with Crippen LogP contribution in [0.3, 0.4) is 0 Å². The number of nitrogens with one attached hydrogen (secondary N) is 1. The summed E-state index contributed by atoms with van der Waals surface area (Å²) in [6, 6.07) is 7.22. The van der Waals surface area contributed by atoms with Crippen LogP contribution in [0.2, 0.25) is 0 Å². The molecule has 1 amide bonds. The minimum Gasteiger partial charge on any atom is -0.493 e. The highest BCUT2D eigenvalue weighted by atomic mass is 32.1. The van der Waals surface area contributed by atoms with E-state index in [1.807, 2.05) is 18.2 Å². The first kappa shape index (κ1) is 20.4. The Labute approximate surface area is 170 Å². The fourth-order valence-electron chi connectivity index (χ4n) is 3.46. The molecule has 0 saturated carbocycles. The average Bonchev–Trinajstić information content (AvgIpc) is 3.08. The number of carbonyl (C=O) groups is 2. The van der Waals surface area contributed by atoms with Gasteiger partial charge < -0.3 is 14.8 Å². The van der Waals surface area contributed by atoms with Crippen LogP contribution in [0, 0.1) is 0 Å². The van der Waals surface area contributed by atoms with Crippen LogP contribution < -0.4 is 10.1 Å². The second-order valence-electron chi connectivity index (χ2n) is 6.91. The Kier molecular flexibility index (Phi) is 7.09. The lowest BCUT2D eigenvalue weighted by Gasteiger charge is -2.12. The maximum Gasteiger partial charge on any atom is 0.341 e. The fourth-order valence-corrected chi connectivity index (χ4v) is 4.73. The molecular formula is C22H27NO4S. The molecule has 5 nitrogen and oxygen atoms in total. The number of methoxy groups -OCH3 is 1. The molecule has 0 saturated heterocycles. The lowest BCUT2D eigenvalue weighted by Crippen LogP contribution is -2.16. The van der Waals surface area contributed by atoms with Crippen LogP contribution in [0.4, 0.5) is 5.00 Å². The predicted octanol–water partition coefficient (Wildman–Crippen LogP) is 5.23. The molecule has 0 fully saturated rings. The summed E-state index contributed by atoms with van der Waals surface area (Å²) in [7, 11) is 1.38. The molecule has 3 rings (SSSR count). The van der Waals surface area contributed by atoms with Crippen LogP contribution in [0.5, 0.6) is 5.75 Å². The number of rotatable bonds is 8. The van der Waals surface area contributed by atoms with Gasteiger partial charge in [-0.15, -0.1) is 11.3 Å². The highest BCUT2D eigenvalue weighted by molar-refractivity contribution is 7.17. The van der Waals surface area contributed by atoms with E-state index < -0.39 is 0 Å². The van der Waals surface area contributed by atoms with Crippen LogP contribution in [-0.2, 0) is 17.6 Å². The van der Waals surface area contributed by atoms with Crippen molar-refractivity contribution in [1.29, 1.82) is 0 Å². The van der Waals surface area contributed by atoms with Gasteiger partial charge in [0.05, 0.1) is 24.8 Å². The zero-order valence-corrected chi connectivity index (χ0v) is 17.3. The number of hydrogen-bond acceptors (Lipinski definition) is 5. The lowest BCUT2D eigenvalue weighted by atomic mass is 9.95. The molecule has 1 aromatic carbocycles. The number of fused-ring (bicyclic) bond motifs is 1. The summed E-state index contributed by atoms with van der Waals surface area (Å²) >= 11 is 1.49. The molecule has 0 radical (unpaired) electrons. The highest BCUT2D eigenvalue weighted by Crippen LogP contribution is 2.39. The van der Waals surface area contributed by atoms with E-state index in [0.717, 1.165) is 50.5 Å². The minimum absolute atomic E-state index is 0.269. The third kappa shape index (κ3) is 4.55. The number of anilines is 1. The maximum absolute atomic E-state index is 13.0. The fraction of sp³-hybridized carbons (Fsp3) is 0.455. The van der Waals surface area contributed by atoms with Gasteiger partial charge in [-0.25, -0.2) is 4.79 Å². The Bertz CT molecular complexity index is 843. The van der Waals surface area contributed by atoms with Crippen molar-refractivity contribution in [1.82, 2.24) is 0 Å². The predicted molar refractivity (Wildman–Crippen MR) is 112 cm³/mol. The van der Waals surface area contributed by atoms with Crippen LogP contribution in [0.1, 0.15) is 70.2 Å². The van der Waals surface area contributed by atoms with E-state index in [1.54, 1.807) is 6.07 Å². The van der Waals surface area contributed by atoms with Gasteiger partial charge in [0.15, 0.2) is 0 Å². The van der Waals surface area contributed by atoms with E-state index >= 15 is 0 Å². The van der Waals surface area contributed by atoms with Crippen molar-refractivity contribution in [2.24, 2.45) is 0 Å². The second-order valence-corrected chi connectivity index (χ2v) is 8.02. The summed E-state index contributed by atoms with van der Waals surface area (Å²) < 4.78 is 10.8. The molecule has 0 aliphatic heterocycles. The van der Waals surface area contributed by atoms with E-state index in [1.165, 1.54) is 23.3 Å². The van der Waals surface area contributed by atoms with Crippen molar-refractivity contribution in [3.63, 3.8) is 0 Å². The SMILES string of the molecule is CCCCCOc1ccccc1C(=O)Nc1sc2c(c1C(=O)OC)CCCC2. The van der Waals surface area contributed by atoms with Gasteiger partial charge >= 0.3 is 5.97 Å². The molecule has 1 aromatic heterocycles. The Morgan fingerprint density at radius 2 is 1.93 bits per heavy atom. The second kappa shape index (κ2) is 9.73. The molecule has 0 bridgehead atoms.